The highest BCUT2D eigenvalue weighted by Crippen LogP contribution is 2.41. The summed E-state index contributed by atoms with van der Waals surface area (Å²) in [6.45, 7) is 9.40. The maximum atomic E-state index is 9.70. The van der Waals surface area contributed by atoms with Crippen LogP contribution in [0.3, 0.4) is 0 Å². The van der Waals surface area contributed by atoms with Crippen LogP contribution in [0, 0.1) is 33.1 Å². The highest BCUT2D eigenvalue weighted by Gasteiger charge is 2.28. The third-order valence-corrected chi connectivity index (χ3v) is 9.33. The molecule has 0 spiro atoms. The molecule has 0 saturated heterocycles. The number of aliphatic hydroxyl groups excluding tert-OH is 1. The lowest BCUT2D eigenvalue weighted by Crippen LogP contribution is -2.17. The van der Waals surface area contributed by atoms with Crippen molar-refractivity contribution in [1.82, 2.24) is 19.4 Å². The number of hydrazone groups is 1. The number of para-hydroxylation sites is 2. The van der Waals surface area contributed by atoms with Gasteiger partial charge in [-0.2, -0.15) is 5.10 Å². The highest BCUT2D eigenvalue weighted by atomic mass is 16.5. The van der Waals surface area contributed by atoms with Gasteiger partial charge in [0.25, 0.3) is 0 Å². The zero-order valence-corrected chi connectivity index (χ0v) is 33.6. The van der Waals surface area contributed by atoms with Crippen molar-refractivity contribution < 1.29 is 29.1 Å². The van der Waals surface area contributed by atoms with Gasteiger partial charge in [0.15, 0.2) is 5.84 Å². The molecule has 0 amide bonds. The minimum absolute atomic E-state index is 0.0683. The largest absolute Gasteiger partial charge is 0.508 e. The number of methoxy groups -OCH3 is 1. The Morgan fingerprint density at radius 1 is 0.695 bits per heavy atom. The maximum Gasteiger partial charge on any atom is 0.215 e. The molecule has 16 nitrogen and oxygen atoms in total. The number of fused-ring (bicyclic) bond motifs is 2. The molecule has 59 heavy (non-hydrogen) atoms. The van der Waals surface area contributed by atoms with E-state index in [1.54, 1.807) is 31.2 Å². The monoisotopic (exact) mass is 800 g/mol. The van der Waals surface area contributed by atoms with E-state index in [0.717, 1.165) is 72.6 Å². The third kappa shape index (κ3) is 8.22. The molecule has 0 aliphatic carbocycles. The van der Waals surface area contributed by atoms with Crippen LogP contribution in [0.25, 0.3) is 55.7 Å². The predicted octanol–water partition coefficient (Wildman–Crippen LogP) is 6.58. The first-order chi connectivity index (χ1) is 28.5. The van der Waals surface area contributed by atoms with E-state index < -0.39 is 0 Å². The number of aromatic hydroxyl groups is 2. The van der Waals surface area contributed by atoms with E-state index in [1.165, 1.54) is 7.11 Å². The van der Waals surface area contributed by atoms with Crippen molar-refractivity contribution in [3.05, 3.63) is 131 Å². The van der Waals surface area contributed by atoms with Gasteiger partial charge in [-0.1, -0.05) is 46.7 Å². The molecular weight excluding hydrogens is 753 g/mol. The van der Waals surface area contributed by atoms with Crippen molar-refractivity contribution in [3.8, 4) is 45.4 Å². The summed E-state index contributed by atoms with van der Waals surface area (Å²) >= 11 is 0. The van der Waals surface area contributed by atoms with Gasteiger partial charge in [0.2, 0.25) is 5.90 Å². The quantitative estimate of drug-likeness (QED) is 0.0383. The topological polar surface area (TPSA) is 272 Å². The average Bonchev–Trinajstić information content (AvgIpc) is 3.98. The molecule has 0 atom stereocenters. The fourth-order valence-electron chi connectivity index (χ4n) is 6.99. The molecule has 8 aromatic rings. The molecule has 16 heteroatoms. The Morgan fingerprint density at radius 2 is 1.07 bits per heavy atom. The number of phenolic OH excluding ortho intramolecular Hbond substituents is 2. The second-order valence-corrected chi connectivity index (χ2v) is 12.9. The summed E-state index contributed by atoms with van der Waals surface area (Å²) in [4.78, 5) is 0. The lowest BCUT2D eigenvalue weighted by molar-refractivity contribution is 0.318. The Hall–Kier alpha value is -7.40. The summed E-state index contributed by atoms with van der Waals surface area (Å²) in [6, 6.07) is 29.6. The highest BCUT2D eigenvalue weighted by molar-refractivity contribution is 6.15. The number of hydrogen-bond donors (Lipinski definition) is 8. The van der Waals surface area contributed by atoms with Gasteiger partial charge in [0, 0.05) is 28.8 Å². The van der Waals surface area contributed by atoms with Crippen molar-refractivity contribution in [2.45, 2.75) is 34.6 Å². The number of nitrogens with zero attached hydrogens (tertiary/aromatic N) is 5. The summed E-state index contributed by atoms with van der Waals surface area (Å²) in [7, 11) is 1.49. The zero-order chi connectivity index (χ0) is 43.0. The number of aryl methyl sites for hydroxylation is 4. The van der Waals surface area contributed by atoms with Gasteiger partial charge in [-0.05, 0) is 95.3 Å². The second-order valence-electron chi connectivity index (χ2n) is 12.9. The van der Waals surface area contributed by atoms with Crippen LogP contribution in [0.2, 0.25) is 0 Å². The molecule has 0 unspecified atom stereocenters. The van der Waals surface area contributed by atoms with Crippen molar-refractivity contribution in [2.24, 2.45) is 28.4 Å². The lowest BCUT2D eigenvalue weighted by Gasteiger charge is -2.13. The smallest absolute Gasteiger partial charge is 0.215 e. The molecule has 0 fully saturated rings. The fourth-order valence-corrected chi connectivity index (χ4v) is 6.99. The van der Waals surface area contributed by atoms with E-state index in [-0.39, 0.29) is 29.8 Å². The van der Waals surface area contributed by atoms with Gasteiger partial charge in [-0.25, -0.2) is 0 Å². The van der Waals surface area contributed by atoms with Crippen LogP contribution in [-0.4, -0.2) is 60.2 Å². The Morgan fingerprint density at radius 3 is 1.42 bits per heavy atom. The number of hydrazine groups is 1. The number of ether oxygens (including phenoxy) is 1. The first-order valence-electron chi connectivity index (χ1n) is 18.3. The van der Waals surface area contributed by atoms with Crippen LogP contribution in [0.1, 0.15) is 41.0 Å². The van der Waals surface area contributed by atoms with Crippen molar-refractivity contribution >= 4 is 33.5 Å². The van der Waals surface area contributed by atoms with Crippen LogP contribution in [0.5, 0.6) is 11.5 Å². The van der Waals surface area contributed by atoms with Crippen LogP contribution in [0.4, 0.5) is 0 Å². The Labute approximate surface area is 340 Å². The van der Waals surface area contributed by atoms with Crippen LogP contribution in [-0.2, 0) is 4.74 Å². The summed E-state index contributed by atoms with van der Waals surface area (Å²) in [5.74, 6) is 15.6. The van der Waals surface area contributed by atoms with Crippen LogP contribution >= 0.6 is 0 Å². The number of nitrogens with one attached hydrogen (secondary N) is 1. The van der Waals surface area contributed by atoms with Crippen molar-refractivity contribution in [2.75, 3.05) is 13.7 Å². The Balaban J connectivity index is 0.000000202. The SMILES string of the molecule is CCO.COC(=N)c1c(-c2c(C)noc2C)n(-c2ccc(O)cc2)c2ccccc12.Cc1noc(C)c1-c1c(/C(N)=N/N)c2ccccc2n1-c1ccc(O)cc1.NN. The third-order valence-electron chi connectivity index (χ3n) is 9.33. The lowest BCUT2D eigenvalue weighted by atomic mass is 10.0. The number of nitrogens with two attached hydrogens (primary N) is 4. The van der Waals surface area contributed by atoms with E-state index in [2.05, 4.69) is 31.7 Å². The van der Waals surface area contributed by atoms with E-state index in [1.807, 2.05) is 105 Å². The minimum Gasteiger partial charge on any atom is -0.508 e. The van der Waals surface area contributed by atoms with Crippen molar-refractivity contribution in [3.63, 3.8) is 0 Å². The summed E-state index contributed by atoms with van der Waals surface area (Å²) < 4.78 is 20.2. The maximum absolute atomic E-state index is 9.70. The second kappa shape index (κ2) is 18.7. The molecule has 0 bridgehead atoms. The molecule has 0 aliphatic heterocycles. The molecule has 0 aliphatic rings. The first kappa shape index (κ1) is 42.7. The summed E-state index contributed by atoms with van der Waals surface area (Å²) in [6.07, 6.45) is 0. The average molecular weight is 801 g/mol. The van der Waals surface area contributed by atoms with Gasteiger partial charge in [-0.3, -0.25) is 17.1 Å². The molecular formula is C43H48N10O6. The van der Waals surface area contributed by atoms with E-state index in [9.17, 15) is 10.2 Å². The summed E-state index contributed by atoms with van der Waals surface area (Å²) in [5, 5.41) is 49.2. The normalized spacial score (nSPS) is 11.0. The first-order valence-corrected chi connectivity index (χ1v) is 18.3. The molecule has 4 aromatic carbocycles. The number of phenols is 2. The fraction of sp³-hybridized carbons (Fsp3) is 0.163. The molecule has 0 saturated carbocycles. The summed E-state index contributed by atoms with van der Waals surface area (Å²) in [5.41, 5.74) is 15.9. The molecule has 306 valence electrons. The van der Waals surface area contributed by atoms with E-state index in [0.29, 0.717) is 17.1 Å². The molecule has 0 radical (unpaired) electrons. The number of benzene rings is 4. The molecule has 4 heterocycles. The van der Waals surface area contributed by atoms with Gasteiger partial charge in [0.1, 0.15) is 23.0 Å². The standard InChI is InChI=1S/C21H19N3O3.C20H19N5O2.C2H6O.H4N2/c1-12-18(13(2)27-23-12)20-19(21(22)26-3)16-6-4-5-7-17(16)24(20)14-8-10-15(25)11-9-14;1-11-17(12(2)27-24-11)19-18(20(21)23-22)15-5-3-4-6-16(15)25(19)13-7-9-14(26)10-8-13;1-2-3;1-2/h4-11,22,25H,1-3H3;3-10,26H,22H2,1-2H3,(H2,21,23);3H,2H2,1H3;1-2H2. The number of rotatable bonds is 6. The Kier molecular flexibility index (Phi) is 13.5. The number of aliphatic hydroxyl groups is 1. The predicted molar refractivity (Wildman–Crippen MR) is 230 cm³/mol. The molecule has 8 rings (SSSR count). The number of amidine groups is 1. The van der Waals surface area contributed by atoms with Crippen LogP contribution < -0.4 is 23.3 Å². The van der Waals surface area contributed by atoms with Crippen LogP contribution in [0.15, 0.2) is 111 Å². The van der Waals surface area contributed by atoms with Crippen molar-refractivity contribution in [1.29, 1.82) is 5.41 Å². The van der Waals surface area contributed by atoms with Gasteiger partial charge in [-0.15, -0.1) is 0 Å². The van der Waals surface area contributed by atoms with Gasteiger partial charge >= 0.3 is 0 Å². The molecule has 4 aromatic heterocycles. The Bertz CT molecular complexity index is 2690. The van der Waals surface area contributed by atoms with E-state index in [4.69, 9.17) is 35.9 Å². The van der Waals surface area contributed by atoms with Gasteiger partial charge < -0.3 is 49.8 Å². The number of aromatic nitrogens is 4. The zero-order valence-electron chi connectivity index (χ0n) is 33.6. The number of hydrogen-bond acceptors (Lipinski definition) is 13. The van der Waals surface area contributed by atoms with Gasteiger partial charge in [0.05, 0.1) is 63.2 Å². The van der Waals surface area contributed by atoms with E-state index >= 15 is 0 Å². The molecule has 12 N–H and O–H groups in total. The minimum atomic E-state index is 0.0683.